The fourth-order valence-corrected chi connectivity index (χ4v) is 2.87. The van der Waals surface area contributed by atoms with Gasteiger partial charge in [-0.05, 0) is 38.1 Å². The Kier molecular flexibility index (Phi) is 2.71. The second-order valence-electron chi connectivity index (χ2n) is 5.17. The monoisotopic (exact) mass is 232 g/mol. The molecule has 1 N–H and O–H groups in total. The number of rotatable bonds is 0. The van der Waals surface area contributed by atoms with Gasteiger partial charge in [0.15, 0.2) is 0 Å². The van der Waals surface area contributed by atoms with Crippen molar-refractivity contribution in [3.05, 3.63) is 24.3 Å². The summed E-state index contributed by atoms with van der Waals surface area (Å²) >= 11 is 0. The van der Waals surface area contributed by atoms with Crippen molar-refractivity contribution < 1.29 is 4.74 Å². The lowest BCUT2D eigenvalue weighted by molar-refractivity contribution is 0.0351. The van der Waals surface area contributed by atoms with Crippen molar-refractivity contribution in [2.75, 3.05) is 31.6 Å². The molecule has 17 heavy (non-hydrogen) atoms. The summed E-state index contributed by atoms with van der Waals surface area (Å²) in [6.07, 6.45) is 3.37. The third kappa shape index (κ3) is 2.00. The number of benzene rings is 1. The fraction of sp³-hybridized carbons (Fsp3) is 0.571. The summed E-state index contributed by atoms with van der Waals surface area (Å²) in [7, 11) is 2.16. The van der Waals surface area contributed by atoms with Gasteiger partial charge in [-0.1, -0.05) is 12.1 Å². The van der Waals surface area contributed by atoms with Crippen LogP contribution in [0.4, 0.5) is 5.69 Å². The zero-order chi connectivity index (χ0) is 11.7. The number of piperidine rings is 1. The number of fused-ring (bicyclic) bond motifs is 1. The highest BCUT2D eigenvalue weighted by Gasteiger charge is 2.36. The Morgan fingerprint density at radius 2 is 1.94 bits per heavy atom. The predicted molar refractivity (Wildman–Crippen MR) is 69.8 cm³/mol. The first kappa shape index (κ1) is 10.9. The number of para-hydroxylation sites is 2. The van der Waals surface area contributed by atoms with E-state index < -0.39 is 0 Å². The Morgan fingerprint density at radius 1 is 1.18 bits per heavy atom. The van der Waals surface area contributed by atoms with Crippen molar-refractivity contribution in [2.24, 2.45) is 0 Å². The zero-order valence-corrected chi connectivity index (χ0v) is 10.4. The molecule has 0 saturated carbocycles. The molecule has 1 aromatic rings. The largest absolute Gasteiger partial charge is 0.485 e. The summed E-state index contributed by atoms with van der Waals surface area (Å²) in [6.45, 7) is 3.23. The van der Waals surface area contributed by atoms with Crippen LogP contribution in [0.1, 0.15) is 19.3 Å². The minimum Gasteiger partial charge on any atom is -0.485 e. The normalized spacial score (nSPS) is 22.8. The SMILES string of the molecule is CN1CCC2(CCNCC2)Oc2ccccc21. The van der Waals surface area contributed by atoms with E-state index in [0.717, 1.165) is 44.6 Å². The number of hydrogen-bond donors (Lipinski definition) is 1. The molecule has 3 rings (SSSR count). The number of nitrogens with zero attached hydrogens (tertiary/aromatic N) is 1. The number of hydrogen-bond acceptors (Lipinski definition) is 3. The van der Waals surface area contributed by atoms with E-state index in [4.69, 9.17) is 4.74 Å². The number of nitrogens with one attached hydrogen (secondary N) is 1. The van der Waals surface area contributed by atoms with Gasteiger partial charge >= 0.3 is 0 Å². The average Bonchev–Trinajstić information content (AvgIpc) is 2.50. The van der Waals surface area contributed by atoms with Crippen molar-refractivity contribution in [3.63, 3.8) is 0 Å². The number of ether oxygens (including phenoxy) is 1. The highest BCUT2D eigenvalue weighted by atomic mass is 16.5. The molecular weight excluding hydrogens is 212 g/mol. The first-order valence-electron chi connectivity index (χ1n) is 6.49. The second kappa shape index (κ2) is 4.22. The molecule has 0 unspecified atom stereocenters. The molecule has 0 bridgehead atoms. The lowest BCUT2D eigenvalue weighted by atomic mass is 9.88. The maximum absolute atomic E-state index is 6.37. The van der Waals surface area contributed by atoms with Crippen molar-refractivity contribution in [2.45, 2.75) is 24.9 Å². The zero-order valence-electron chi connectivity index (χ0n) is 10.4. The minimum absolute atomic E-state index is 0.0616. The molecule has 0 atom stereocenters. The summed E-state index contributed by atoms with van der Waals surface area (Å²) < 4.78 is 6.37. The fourth-order valence-electron chi connectivity index (χ4n) is 2.87. The van der Waals surface area contributed by atoms with Gasteiger partial charge in [0, 0.05) is 20.0 Å². The highest BCUT2D eigenvalue weighted by Crippen LogP contribution is 2.38. The van der Waals surface area contributed by atoms with Crippen LogP contribution in [-0.2, 0) is 0 Å². The van der Waals surface area contributed by atoms with Crippen LogP contribution in [0.25, 0.3) is 0 Å². The summed E-state index contributed by atoms with van der Waals surface area (Å²) in [4.78, 5) is 2.31. The molecule has 92 valence electrons. The standard InChI is InChI=1S/C14H20N2O/c1-16-11-8-14(6-9-15-10-7-14)17-13-5-3-2-4-12(13)16/h2-5,15H,6-11H2,1H3. The molecule has 0 aromatic heterocycles. The number of anilines is 1. The van der Waals surface area contributed by atoms with Crippen LogP contribution < -0.4 is 15.0 Å². The quantitative estimate of drug-likeness (QED) is 0.740. The molecule has 1 spiro atoms. The van der Waals surface area contributed by atoms with Gasteiger partial charge in [-0.25, -0.2) is 0 Å². The molecule has 0 amide bonds. The molecule has 2 heterocycles. The van der Waals surface area contributed by atoms with Gasteiger partial charge in [0.05, 0.1) is 5.69 Å². The van der Waals surface area contributed by atoms with Gasteiger partial charge in [-0.15, -0.1) is 0 Å². The van der Waals surface area contributed by atoms with Crippen molar-refractivity contribution in [1.82, 2.24) is 5.32 Å². The van der Waals surface area contributed by atoms with E-state index in [1.54, 1.807) is 0 Å². The lowest BCUT2D eigenvalue weighted by Crippen LogP contribution is -2.46. The van der Waals surface area contributed by atoms with Crippen molar-refractivity contribution >= 4 is 5.69 Å². The lowest BCUT2D eigenvalue weighted by Gasteiger charge is -2.36. The third-order valence-corrected chi connectivity index (χ3v) is 4.02. The van der Waals surface area contributed by atoms with E-state index in [-0.39, 0.29) is 5.60 Å². The first-order valence-corrected chi connectivity index (χ1v) is 6.49. The van der Waals surface area contributed by atoms with E-state index in [2.05, 4.69) is 41.5 Å². The summed E-state index contributed by atoms with van der Waals surface area (Å²) in [5.74, 6) is 1.05. The van der Waals surface area contributed by atoms with Gasteiger partial charge in [0.1, 0.15) is 11.4 Å². The third-order valence-electron chi connectivity index (χ3n) is 4.02. The predicted octanol–water partition coefficient (Wildman–Crippen LogP) is 2.03. The molecule has 2 aliphatic heterocycles. The first-order chi connectivity index (χ1) is 8.29. The summed E-state index contributed by atoms with van der Waals surface area (Å²) in [5, 5.41) is 3.42. The van der Waals surface area contributed by atoms with E-state index in [1.165, 1.54) is 5.69 Å². The van der Waals surface area contributed by atoms with E-state index >= 15 is 0 Å². The van der Waals surface area contributed by atoms with Crippen LogP contribution in [0, 0.1) is 0 Å². The van der Waals surface area contributed by atoms with Gasteiger partial charge in [0.25, 0.3) is 0 Å². The highest BCUT2D eigenvalue weighted by molar-refractivity contribution is 5.58. The summed E-state index contributed by atoms with van der Waals surface area (Å²) in [6, 6.07) is 8.39. The smallest absolute Gasteiger partial charge is 0.143 e. The van der Waals surface area contributed by atoms with Crippen LogP contribution in [0.5, 0.6) is 5.75 Å². The Labute approximate surface area is 103 Å². The van der Waals surface area contributed by atoms with E-state index in [1.807, 2.05) is 0 Å². The van der Waals surface area contributed by atoms with Gasteiger partial charge in [0.2, 0.25) is 0 Å². The van der Waals surface area contributed by atoms with Gasteiger partial charge in [-0.2, -0.15) is 0 Å². The molecule has 1 fully saturated rings. The molecule has 3 heteroatoms. The summed E-state index contributed by atoms with van der Waals surface area (Å²) in [5.41, 5.74) is 1.29. The molecule has 1 aromatic carbocycles. The van der Waals surface area contributed by atoms with Gasteiger partial charge < -0.3 is 15.0 Å². The Morgan fingerprint density at radius 3 is 2.76 bits per heavy atom. The molecule has 0 radical (unpaired) electrons. The molecule has 1 saturated heterocycles. The Hall–Kier alpha value is -1.22. The second-order valence-corrected chi connectivity index (χ2v) is 5.17. The molecule has 0 aliphatic carbocycles. The Bertz CT molecular complexity index is 399. The van der Waals surface area contributed by atoms with E-state index in [9.17, 15) is 0 Å². The average molecular weight is 232 g/mol. The van der Waals surface area contributed by atoms with Crippen molar-refractivity contribution in [1.29, 1.82) is 0 Å². The Balaban J connectivity index is 1.93. The molecular formula is C14H20N2O. The van der Waals surface area contributed by atoms with Crippen LogP contribution >= 0.6 is 0 Å². The van der Waals surface area contributed by atoms with Gasteiger partial charge in [-0.3, -0.25) is 0 Å². The maximum Gasteiger partial charge on any atom is 0.143 e. The van der Waals surface area contributed by atoms with E-state index in [0.29, 0.717) is 0 Å². The van der Waals surface area contributed by atoms with Crippen molar-refractivity contribution in [3.8, 4) is 5.75 Å². The maximum atomic E-state index is 6.37. The molecule has 2 aliphatic rings. The topological polar surface area (TPSA) is 24.5 Å². The van der Waals surface area contributed by atoms with Crippen LogP contribution in [0.15, 0.2) is 24.3 Å². The minimum atomic E-state index is 0.0616. The van der Waals surface area contributed by atoms with Crippen LogP contribution in [0.2, 0.25) is 0 Å². The van der Waals surface area contributed by atoms with Crippen LogP contribution in [0.3, 0.4) is 0 Å². The molecule has 3 nitrogen and oxygen atoms in total. The van der Waals surface area contributed by atoms with Crippen LogP contribution in [-0.4, -0.2) is 32.3 Å².